The lowest BCUT2D eigenvalue weighted by Crippen LogP contribution is -2.34. The van der Waals surface area contributed by atoms with Gasteiger partial charge in [-0.2, -0.15) is 0 Å². The van der Waals surface area contributed by atoms with Gasteiger partial charge < -0.3 is 5.32 Å². The Labute approximate surface area is 114 Å². The number of nitrogens with one attached hydrogen (secondary N) is 1. The van der Waals surface area contributed by atoms with Crippen LogP contribution >= 0.6 is 11.6 Å². The topological polar surface area (TPSA) is 29.1 Å². The third-order valence-corrected chi connectivity index (χ3v) is 3.82. The van der Waals surface area contributed by atoms with Crippen molar-refractivity contribution in [3.63, 3.8) is 0 Å². The summed E-state index contributed by atoms with van der Waals surface area (Å²) in [6.07, 6.45) is 3.77. The summed E-state index contributed by atoms with van der Waals surface area (Å²) in [7, 11) is 0. The zero-order chi connectivity index (χ0) is 13.2. The fourth-order valence-corrected chi connectivity index (χ4v) is 2.88. The molecule has 1 amide bonds. The molecule has 2 rings (SSSR count). The van der Waals surface area contributed by atoms with E-state index in [0.717, 1.165) is 18.4 Å². The summed E-state index contributed by atoms with van der Waals surface area (Å²) in [5.74, 6) is 0.0972. The van der Waals surface area contributed by atoms with Gasteiger partial charge in [0.05, 0.1) is 6.42 Å². The van der Waals surface area contributed by atoms with Crippen LogP contribution in [0.15, 0.2) is 24.3 Å². The Morgan fingerprint density at radius 2 is 2.28 bits per heavy atom. The minimum absolute atomic E-state index is 0.0972. The van der Waals surface area contributed by atoms with Crippen molar-refractivity contribution in [2.45, 2.75) is 45.6 Å². The monoisotopic (exact) mass is 265 g/mol. The van der Waals surface area contributed by atoms with Crippen molar-refractivity contribution in [2.75, 3.05) is 0 Å². The number of hydrogen-bond acceptors (Lipinski definition) is 1. The minimum atomic E-state index is 0.0972. The molecule has 1 unspecified atom stereocenters. The second-order valence-corrected chi connectivity index (χ2v) is 6.41. The van der Waals surface area contributed by atoms with E-state index in [4.69, 9.17) is 11.6 Å². The average Bonchev–Trinajstić information content (AvgIpc) is 2.57. The fraction of sp³-hybridized carbons (Fsp3) is 0.533. The molecule has 1 aromatic rings. The van der Waals surface area contributed by atoms with Gasteiger partial charge in [-0.1, -0.05) is 37.6 Å². The van der Waals surface area contributed by atoms with E-state index in [9.17, 15) is 4.79 Å². The van der Waals surface area contributed by atoms with E-state index in [2.05, 4.69) is 19.2 Å². The molecule has 1 aliphatic rings. The lowest BCUT2D eigenvalue weighted by molar-refractivity contribution is -0.121. The number of rotatable bonds is 3. The molecule has 1 aromatic carbocycles. The zero-order valence-corrected chi connectivity index (χ0v) is 11.8. The highest BCUT2D eigenvalue weighted by molar-refractivity contribution is 6.30. The highest BCUT2D eigenvalue weighted by atomic mass is 35.5. The molecular weight excluding hydrogens is 246 g/mol. The van der Waals surface area contributed by atoms with Gasteiger partial charge in [0.15, 0.2) is 0 Å². The second kappa shape index (κ2) is 5.31. The van der Waals surface area contributed by atoms with Crippen molar-refractivity contribution in [1.29, 1.82) is 0 Å². The first-order valence-corrected chi connectivity index (χ1v) is 6.86. The maximum atomic E-state index is 11.9. The molecule has 0 aliphatic heterocycles. The molecule has 1 aliphatic carbocycles. The number of benzene rings is 1. The van der Waals surface area contributed by atoms with Gasteiger partial charge in [-0.25, -0.2) is 0 Å². The van der Waals surface area contributed by atoms with Gasteiger partial charge in [-0.3, -0.25) is 4.79 Å². The van der Waals surface area contributed by atoms with Crippen molar-refractivity contribution in [2.24, 2.45) is 5.41 Å². The Hall–Kier alpha value is -1.02. The molecule has 18 heavy (non-hydrogen) atoms. The van der Waals surface area contributed by atoms with Crippen molar-refractivity contribution in [3.05, 3.63) is 34.9 Å². The van der Waals surface area contributed by atoms with Crippen molar-refractivity contribution < 1.29 is 4.79 Å². The molecule has 1 N–H and O–H groups in total. The van der Waals surface area contributed by atoms with Crippen molar-refractivity contribution in [1.82, 2.24) is 5.32 Å². The quantitative estimate of drug-likeness (QED) is 0.889. The summed E-state index contributed by atoms with van der Waals surface area (Å²) in [4.78, 5) is 11.9. The summed E-state index contributed by atoms with van der Waals surface area (Å²) in [5, 5.41) is 3.80. The van der Waals surface area contributed by atoms with Crippen LogP contribution in [0.3, 0.4) is 0 Å². The summed E-state index contributed by atoms with van der Waals surface area (Å²) in [6.45, 7) is 4.52. The SMILES string of the molecule is CC1(C)CCC(NC(=O)Cc2cccc(Cl)c2)C1. The number of halogens is 1. The van der Waals surface area contributed by atoms with Gasteiger partial charge in [-0.05, 0) is 42.4 Å². The van der Waals surface area contributed by atoms with E-state index in [1.807, 2.05) is 24.3 Å². The molecule has 0 saturated heterocycles. The first-order chi connectivity index (χ1) is 8.44. The lowest BCUT2D eigenvalue weighted by atomic mass is 9.92. The maximum absolute atomic E-state index is 11.9. The number of carbonyl (C=O) groups is 1. The van der Waals surface area contributed by atoms with Gasteiger partial charge in [-0.15, -0.1) is 0 Å². The minimum Gasteiger partial charge on any atom is -0.353 e. The molecule has 0 bridgehead atoms. The zero-order valence-electron chi connectivity index (χ0n) is 11.0. The van der Waals surface area contributed by atoms with Gasteiger partial charge in [0.2, 0.25) is 5.91 Å². The standard InChI is InChI=1S/C15H20ClNO/c1-15(2)7-6-13(10-15)17-14(18)9-11-4-3-5-12(16)8-11/h3-5,8,13H,6-7,9-10H2,1-2H3,(H,17,18). The van der Waals surface area contributed by atoms with Crippen LogP contribution in [0.4, 0.5) is 0 Å². The van der Waals surface area contributed by atoms with E-state index in [1.165, 1.54) is 6.42 Å². The van der Waals surface area contributed by atoms with Crippen LogP contribution in [0, 0.1) is 5.41 Å². The molecule has 1 atom stereocenters. The number of amides is 1. The van der Waals surface area contributed by atoms with Crippen LogP contribution in [0.5, 0.6) is 0 Å². The average molecular weight is 266 g/mol. The molecule has 3 heteroatoms. The second-order valence-electron chi connectivity index (χ2n) is 5.98. The normalized spacial score (nSPS) is 21.8. The summed E-state index contributed by atoms with van der Waals surface area (Å²) < 4.78 is 0. The predicted octanol–water partition coefficient (Wildman–Crippen LogP) is 3.58. The van der Waals surface area contributed by atoms with Gasteiger partial charge in [0.1, 0.15) is 0 Å². The molecule has 0 radical (unpaired) electrons. The molecule has 98 valence electrons. The van der Waals surface area contributed by atoms with E-state index >= 15 is 0 Å². The summed E-state index contributed by atoms with van der Waals surface area (Å²) in [6, 6.07) is 7.82. The van der Waals surface area contributed by atoms with Crippen LogP contribution < -0.4 is 5.32 Å². The Morgan fingerprint density at radius 3 is 2.89 bits per heavy atom. The molecular formula is C15H20ClNO. The molecule has 1 saturated carbocycles. The first kappa shape index (κ1) is 13.4. The Bertz CT molecular complexity index is 442. The van der Waals surface area contributed by atoms with Crippen LogP contribution in [-0.2, 0) is 11.2 Å². The Morgan fingerprint density at radius 1 is 1.50 bits per heavy atom. The molecule has 0 spiro atoms. The van der Waals surface area contributed by atoms with E-state index in [1.54, 1.807) is 0 Å². The number of carbonyl (C=O) groups excluding carboxylic acids is 1. The molecule has 0 heterocycles. The van der Waals surface area contributed by atoms with Crippen LogP contribution in [-0.4, -0.2) is 11.9 Å². The Kier molecular flexibility index (Phi) is 3.96. The van der Waals surface area contributed by atoms with Crippen LogP contribution in [0.1, 0.15) is 38.7 Å². The maximum Gasteiger partial charge on any atom is 0.224 e. The smallest absolute Gasteiger partial charge is 0.224 e. The van der Waals surface area contributed by atoms with Crippen LogP contribution in [0.25, 0.3) is 0 Å². The third kappa shape index (κ3) is 3.74. The molecule has 1 fully saturated rings. The van der Waals surface area contributed by atoms with Gasteiger partial charge in [0, 0.05) is 11.1 Å². The van der Waals surface area contributed by atoms with E-state index in [0.29, 0.717) is 22.9 Å². The van der Waals surface area contributed by atoms with Crippen molar-refractivity contribution >= 4 is 17.5 Å². The predicted molar refractivity (Wildman–Crippen MR) is 74.7 cm³/mol. The van der Waals surface area contributed by atoms with Gasteiger partial charge >= 0.3 is 0 Å². The Balaban J connectivity index is 1.86. The van der Waals surface area contributed by atoms with Crippen molar-refractivity contribution in [3.8, 4) is 0 Å². The number of hydrogen-bond donors (Lipinski definition) is 1. The largest absolute Gasteiger partial charge is 0.353 e. The van der Waals surface area contributed by atoms with Gasteiger partial charge in [0.25, 0.3) is 0 Å². The highest BCUT2D eigenvalue weighted by Crippen LogP contribution is 2.36. The lowest BCUT2D eigenvalue weighted by Gasteiger charge is -2.17. The van der Waals surface area contributed by atoms with E-state index in [-0.39, 0.29) is 5.91 Å². The molecule has 0 aromatic heterocycles. The third-order valence-electron chi connectivity index (χ3n) is 3.59. The summed E-state index contributed by atoms with van der Waals surface area (Å²) in [5.41, 5.74) is 1.34. The highest BCUT2D eigenvalue weighted by Gasteiger charge is 2.31. The molecule has 2 nitrogen and oxygen atoms in total. The first-order valence-electron chi connectivity index (χ1n) is 6.48. The summed E-state index contributed by atoms with van der Waals surface area (Å²) >= 11 is 5.90. The fourth-order valence-electron chi connectivity index (χ4n) is 2.67. The van der Waals surface area contributed by atoms with E-state index < -0.39 is 0 Å². The van der Waals surface area contributed by atoms with Crippen LogP contribution in [0.2, 0.25) is 5.02 Å².